The van der Waals surface area contributed by atoms with Crippen LogP contribution in [0.3, 0.4) is 0 Å². The Labute approximate surface area is 160 Å². The standard InChI is InChI=1S/C22H34N2OSi/c1-22(2,3)26(4,5)25-16-20-14-18-12-13-24(20)15-19(18)11-10-17-8-6-7-9-21(17)23/h6-9,18-20H,12-16,23H2,1-5H3/t18-,19-,20-/m0/s1. The summed E-state index contributed by atoms with van der Waals surface area (Å²) < 4.78 is 6.51. The van der Waals surface area contributed by atoms with E-state index in [2.05, 4.69) is 50.6 Å². The van der Waals surface area contributed by atoms with E-state index < -0.39 is 8.32 Å². The van der Waals surface area contributed by atoms with Gasteiger partial charge in [-0.3, -0.25) is 4.90 Å². The van der Waals surface area contributed by atoms with Gasteiger partial charge in [0.05, 0.1) is 0 Å². The molecule has 3 aliphatic heterocycles. The second-order valence-corrected chi connectivity index (χ2v) is 14.3. The topological polar surface area (TPSA) is 38.5 Å². The Hall–Kier alpha value is -1.28. The average molecular weight is 371 g/mol. The molecule has 1 aromatic carbocycles. The maximum atomic E-state index is 6.51. The van der Waals surface area contributed by atoms with Gasteiger partial charge in [0, 0.05) is 36.4 Å². The first-order chi connectivity index (χ1) is 12.2. The van der Waals surface area contributed by atoms with Crippen molar-refractivity contribution in [1.82, 2.24) is 4.90 Å². The van der Waals surface area contributed by atoms with Crippen molar-refractivity contribution in [3.05, 3.63) is 29.8 Å². The third-order valence-corrected chi connectivity index (χ3v) is 11.2. The monoisotopic (exact) mass is 370 g/mol. The first-order valence-electron chi connectivity index (χ1n) is 9.91. The van der Waals surface area contributed by atoms with Gasteiger partial charge in [0.25, 0.3) is 0 Å². The number of rotatable bonds is 3. The van der Waals surface area contributed by atoms with Gasteiger partial charge in [-0.25, -0.2) is 0 Å². The molecule has 4 rings (SSSR count). The fraction of sp³-hybridized carbons (Fsp3) is 0.636. The van der Waals surface area contributed by atoms with Crippen LogP contribution >= 0.6 is 0 Å². The highest BCUT2D eigenvalue weighted by Gasteiger charge is 2.42. The Bertz CT molecular complexity index is 698. The van der Waals surface area contributed by atoms with E-state index >= 15 is 0 Å². The molecule has 142 valence electrons. The van der Waals surface area contributed by atoms with Crippen LogP contribution in [0.15, 0.2) is 24.3 Å². The van der Waals surface area contributed by atoms with Gasteiger partial charge in [-0.05, 0) is 55.6 Å². The van der Waals surface area contributed by atoms with E-state index in [1.165, 1.54) is 19.4 Å². The van der Waals surface area contributed by atoms with E-state index in [-0.39, 0.29) is 5.04 Å². The lowest BCUT2D eigenvalue weighted by Crippen LogP contribution is -2.56. The highest BCUT2D eigenvalue weighted by molar-refractivity contribution is 6.74. The van der Waals surface area contributed by atoms with Crippen LogP contribution in [-0.2, 0) is 4.43 Å². The highest BCUT2D eigenvalue weighted by Crippen LogP contribution is 2.39. The van der Waals surface area contributed by atoms with Crippen LogP contribution in [0.1, 0.15) is 39.2 Å². The summed E-state index contributed by atoms with van der Waals surface area (Å²) >= 11 is 0. The Morgan fingerprint density at radius 1 is 1.27 bits per heavy atom. The SMILES string of the molecule is CC(C)(C)[Si](C)(C)OC[C@@H]1C[C@@H]2CCN1C[C@@H]2C#Cc1ccccc1N. The molecule has 1 unspecified atom stereocenters. The van der Waals surface area contributed by atoms with Crippen LogP contribution in [0.4, 0.5) is 5.69 Å². The van der Waals surface area contributed by atoms with Crippen LogP contribution in [0.2, 0.25) is 18.1 Å². The van der Waals surface area contributed by atoms with Crippen molar-refractivity contribution in [3.63, 3.8) is 0 Å². The molecule has 0 saturated carbocycles. The number of nitrogens with two attached hydrogens (primary N) is 1. The summed E-state index contributed by atoms with van der Waals surface area (Å²) in [6, 6.07) is 8.48. The minimum absolute atomic E-state index is 0.277. The van der Waals surface area contributed by atoms with Gasteiger partial charge >= 0.3 is 0 Å². The molecule has 2 bridgehead atoms. The first-order valence-corrected chi connectivity index (χ1v) is 12.8. The Morgan fingerprint density at radius 3 is 2.62 bits per heavy atom. The first kappa shape index (κ1) is 19.5. The van der Waals surface area contributed by atoms with Gasteiger partial charge in [-0.2, -0.15) is 0 Å². The number of nitrogens with zero attached hydrogens (tertiary/aromatic N) is 1. The van der Waals surface area contributed by atoms with Crippen LogP contribution in [0.5, 0.6) is 0 Å². The van der Waals surface area contributed by atoms with E-state index in [4.69, 9.17) is 10.2 Å². The Morgan fingerprint density at radius 2 is 2.00 bits per heavy atom. The van der Waals surface area contributed by atoms with Crippen molar-refractivity contribution in [1.29, 1.82) is 0 Å². The Kier molecular flexibility index (Phi) is 5.53. The zero-order valence-corrected chi connectivity index (χ0v) is 18.0. The number of hydrogen-bond donors (Lipinski definition) is 1. The molecular weight excluding hydrogens is 336 g/mol. The summed E-state index contributed by atoms with van der Waals surface area (Å²) in [6.45, 7) is 14.8. The van der Waals surface area contributed by atoms with Gasteiger partial charge in [-0.15, -0.1) is 0 Å². The van der Waals surface area contributed by atoms with Crippen LogP contribution in [0, 0.1) is 23.7 Å². The molecule has 4 heteroatoms. The van der Waals surface area contributed by atoms with Crippen LogP contribution in [0.25, 0.3) is 0 Å². The third-order valence-electron chi connectivity index (χ3n) is 6.67. The summed E-state index contributed by atoms with van der Waals surface area (Å²) in [6.07, 6.45) is 2.48. The summed E-state index contributed by atoms with van der Waals surface area (Å²) in [7, 11) is -1.67. The Balaban J connectivity index is 1.61. The third kappa shape index (κ3) is 4.17. The molecular formula is C22H34N2OSi. The van der Waals surface area contributed by atoms with E-state index in [0.29, 0.717) is 17.9 Å². The van der Waals surface area contributed by atoms with Crippen molar-refractivity contribution in [3.8, 4) is 11.8 Å². The maximum absolute atomic E-state index is 6.51. The molecule has 0 aromatic heterocycles. The predicted molar refractivity (Wildman–Crippen MR) is 112 cm³/mol. The minimum atomic E-state index is -1.67. The fourth-order valence-electron chi connectivity index (χ4n) is 3.78. The van der Waals surface area contributed by atoms with Gasteiger partial charge in [0.2, 0.25) is 0 Å². The normalized spacial score (nSPS) is 28.5. The molecule has 3 saturated heterocycles. The molecule has 3 aliphatic rings. The fourth-order valence-corrected chi connectivity index (χ4v) is 4.82. The molecule has 1 aromatic rings. The summed E-state index contributed by atoms with van der Waals surface area (Å²) in [5.74, 6) is 8.02. The molecule has 0 spiro atoms. The van der Waals surface area contributed by atoms with E-state index in [1.807, 2.05) is 24.3 Å². The van der Waals surface area contributed by atoms with E-state index in [0.717, 1.165) is 24.4 Å². The number of anilines is 1. The lowest BCUT2D eigenvalue weighted by molar-refractivity contribution is -0.00120. The zero-order chi connectivity index (χ0) is 18.9. The van der Waals surface area contributed by atoms with Gasteiger partial charge in [0.1, 0.15) is 0 Å². The molecule has 3 nitrogen and oxygen atoms in total. The molecule has 0 amide bonds. The quantitative estimate of drug-likeness (QED) is 0.488. The number of fused-ring (bicyclic) bond motifs is 3. The average Bonchev–Trinajstić information content (AvgIpc) is 2.59. The predicted octanol–water partition coefficient (Wildman–Crippen LogP) is 4.35. The lowest BCUT2D eigenvalue weighted by atomic mass is 9.76. The van der Waals surface area contributed by atoms with Crippen molar-refractivity contribution >= 4 is 14.0 Å². The largest absolute Gasteiger partial charge is 0.415 e. The molecule has 3 heterocycles. The van der Waals surface area contributed by atoms with Crippen molar-refractivity contribution in [2.75, 3.05) is 25.4 Å². The molecule has 0 radical (unpaired) electrons. The van der Waals surface area contributed by atoms with Crippen LogP contribution < -0.4 is 5.73 Å². The molecule has 0 aliphatic carbocycles. The zero-order valence-electron chi connectivity index (χ0n) is 17.0. The minimum Gasteiger partial charge on any atom is -0.415 e. The number of nitrogen functional groups attached to an aromatic ring is 1. The molecule has 26 heavy (non-hydrogen) atoms. The van der Waals surface area contributed by atoms with Gasteiger partial charge < -0.3 is 10.2 Å². The highest BCUT2D eigenvalue weighted by atomic mass is 28.4. The summed E-state index contributed by atoms with van der Waals surface area (Å²) in [5.41, 5.74) is 7.76. The van der Waals surface area contributed by atoms with Crippen molar-refractivity contribution in [2.45, 2.75) is 57.8 Å². The number of piperidine rings is 3. The maximum Gasteiger partial charge on any atom is 0.192 e. The molecule has 3 fully saturated rings. The van der Waals surface area contributed by atoms with Crippen molar-refractivity contribution < 1.29 is 4.43 Å². The number of benzene rings is 1. The second-order valence-electron chi connectivity index (χ2n) is 9.47. The van der Waals surface area contributed by atoms with E-state index in [9.17, 15) is 0 Å². The molecule has 4 atom stereocenters. The molecule has 2 N–H and O–H groups in total. The summed E-state index contributed by atoms with van der Waals surface area (Å²) in [4.78, 5) is 2.61. The van der Waals surface area contributed by atoms with Gasteiger partial charge in [-0.1, -0.05) is 44.7 Å². The number of hydrogen-bond acceptors (Lipinski definition) is 3. The van der Waals surface area contributed by atoms with Crippen LogP contribution in [-0.4, -0.2) is 39.0 Å². The second kappa shape index (κ2) is 7.38. The lowest BCUT2D eigenvalue weighted by Gasteiger charge is -2.49. The smallest absolute Gasteiger partial charge is 0.192 e. The van der Waals surface area contributed by atoms with Gasteiger partial charge in [0.15, 0.2) is 8.32 Å². The summed E-state index contributed by atoms with van der Waals surface area (Å²) in [5, 5.41) is 0.277. The van der Waals surface area contributed by atoms with E-state index in [1.54, 1.807) is 0 Å². The van der Waals surface area contributed by atoms with Crippen molar-refractivity contribution in [2.24, 2.45) is 11.8 Å². The number of para-hydroxylation sites is 1.